The van der Waals surface area contributed by atoms with Gasteiger partial charge in [0.25, 0.3) is 0 Å². The molecule has 4 aromatic rings. The standard InChI is InChI=1S/C36H41ClN6O5/c1-46-30-15-14-29(33(47-2)34(30)48-3)41-36-40-21-28(37)35(42-36)43-22-26(17-31(44)38-19-24-10-6-4-7-11-24)16-27(23-43)18-32(45)39-20-25-12-8-5-9-13-25/h4-15,21,26-27H,16-20,22-23H2,1-3H3,(H,38,44)(H,39,45)(H,40,41,42)/t26-,27+. The number of benzene rings is 3. The smallest absolute Gasteiger partial charge is 0.229 e. The Hall–Kier alpha value is -5.03. The topological polar surface area (TPSA) is 127 Å². The van der Waals surface area contributed by atoms with Gasteiger partial charge in [-0.1, -0.05) is 72.3 Å². The number of aromatic nitrogens is 2. The van der Waals surface area contributed by atoms with Crippen molar-refractivity contribution in [2.45, 2.75) is 32.4 Å². The van der Waals surface area contributed by atoms with E-state index in [1.165, 1.54) is 20.4 Å². The molecule has 2 heterocycles. The maximum Gasteiger partial charge on any atom is 0.229 e. The van der Waals surface area contributed by atoms with Crippen LogP contribution in [0.4, 0.5) is 17.5 Å². The van der Waals surface area contributed by atoms with Crippen LogP contribution in [0.25, 0.3) is 0 Å². The molecule has 0 radical (unpaired) electrons. The first-order valence-corrected chi connectivity index (χ1v) is 16.2. The van der Waals surface area contributed by atoms with Gasteiger partial charge in [0.15, 0.2) is 17.3 Å². The fraction of sp³-hybridized carbons (Fsp3) is 0.333. The summed E-state index contributed by atoms with van der Waals surface area (Å²) in [5, 5.41) is 9.66. The van der Waals surface area contributed by atoms with Crippen molar-refractivity contribution in [2.75, 3.05) is 44.6 Å². The molecule has 1 aromatic heterocycles. The average molecular weight is 673 g/mol. The average Bonchev–Trinajstić information content (AvgIpc) is 3.11. The Morgan fingerprint density at radius 3 is 1.88 bits per heavy atom. The largest absolute Gasteiger partial charge is 0.493 e. The SMILES string of the molecule is COc1ccc(Nc2ncc(Cl)c(N3C[C@H](CC(=O)NCc4ccccc4)C[C@H](CC(=O)NCc4ccccc4)C3)n2)c(OC)c1OC. The molecule has 1 fully saturated rings. The number of anilines is 3. The highest BCUT2D eigenvalue weighted by Crippen LogP contribution is 2.43. The number of hydrogen-bond donors (Lipinski definition) is 3. The number of amides is 2. The van der Waals surface area contributed by atoms with Gasteiger partial charge >= 0.3 is 0 Å². The van der Waals surface area contributed by atoms with E-state index >= 15 is 0 Å². The van der Waals surface area contributed by atoms with E-state index in [1.807, 2.05) is 60.7 Å². The zero-order valence-corrected chi connectivity index (χ0v) is 28.1. The van der Waals surface area contributed by atoms with Gasteiger partial charge in [0.1, 0.15) is 5.02 Å². The Labute approximate surface area is 286 Å². The zero-order valence-electron chi connectivity index (χ0n) is 27.4. The van der Waals surface area contributed by atoms with E-state index in [2.05, 4.69) is 25.8 Å². The van der Waals surface area contributed by atoms with Crippen molar-refractivity contribution in [3.8, 4) is 17.2 Å². The fourth-order valence-corrected chi connectivity index (χ4v) is 6.22. The van der Waals surface area contributed by atoms with Crippen molar-refractivity contribution in [3.63, 3.8) is 0 Å². The van der Waals surface area contributed by atoms with Crippen LogP contribution < -0.4 is 35.1 Å². The molecule has 5 rings (SSSR count). The summed E-state index contributed by atoms with van der Waals surface area (Å²) in [5.41, 5.74) is 2.63. The number of ether oxygens (including phenoxy) is 3. The second-order valence-electron chi connectivity index (χ2n) is 11.7. The second-order valence-corrected chi connectivity index (χ2v) is 12.1. The molecule has 0 spiro atoms. The molecule has 2 atom stereocenters. The van der Waals surface area contributed by atoms with Crippen molar-refractivity contribution in [1.29, 1.82) is 0 Å². The number of carbonyl (C=O) groups is 2. The van der Waals surface area contributed by atoms with Crippen LogP contribution in [-0.4, -0.2) is 56.2 Å². The van der Waals surface area contributed by atoms with Gasteiger partial charge in [0, 0.05) is 39.0 Å². The quantitative estimate of drug-likeness (QED) is 0.153. The van der Waals surface area contributed by atoms with Gasteiger partial charge in [-0.3, -0.25) is 9.59 Å². The maximum atomic E-state index is 13.1. The number of carbonyl (C=O) groups excluding carboxylic acids is 2. The number of rotatable bonds is 14. The molecule has 3 N–H and O–H groups in total. The number of nitrogens with zero attached hydrogens (tertiary/aromatic N) is 3. The Morgan fingerprint density at radius 1 is 0.792 bits per heavy atom. The second kappa shape index (κ2) is 16.7. The summed E-state index contributed by atoms with van der Waals surface area (Å²) >= 11 is 6.71. The Bertz CT molecular complexity index is 1610. The first-order valence-electron chi connectivity index (χ1n) is 15.8. The van der Waals surface area contributed by atoms with Gasteiger partial charge in [-0.25, -0.2) is 4.98 Å². The summed E-state index contributed by atoms with van der Waals surface area (Å²) in [6.07, 6.45) is 2.87. The van der Waals surface area contributed by atoms with E-state index in [1.54, 1.807) is 19.2 Å². The van der Waals surface area contributed by atoms with Crippen molar-refractivity contribution in [2.24, 2.45) is 11.8 Å². The molecule has 12 heteroatoms. The lowest BCUT2D eigenvalue weighted by Crippen LogP contribution is -2.44. The lowest BCUT2D eigenvalue weighted by molar-refractivity contribution is -0.122. The fourth-order valence-electron chi connectivity index (χ4n) is 6.01. The maximum absolute atomic E-state index is 13.1. The molecule has 1 aliphatic rings. The molecular formula is C36H41ClN6O5. The van der Waals surface area contributed by atoms with Crippen LogP contribution in [0.3, 0.4) is 0 Å². The highest BCUT2D eigenvalue weighted by atomic mass is 35.5. The van der Waals surface area contributed by atoms with Gasteiger partial charge in [-0.2, -0.15) is 4.98 Å². The highest BCUT2D eigenvalue weighted by molar-refractivity contribution is 6.32. The monoisotopic (exact) mass is 672 g/mol. The van der Waals surface area contributed by atoms with E-state index in [4.69, 9.17) is 30.8 Å². The van der Waals surface area contributed by atoms with E-state index in [0.29, 0.717) is 85.2 Å². The van der Waals surface area contributed by atoms with E-state index in [-0.39, 0.29) is 23.7 Å². The van der Waals surface area contributed by atoms with Crippen LogP contribution in [0.1, 0.15) is 30.4 Å². The lowest BCUT2D eigenvalue weighted by Gasteiger charge is -2.38. The minimum atomic E-state index is -0.0466. The van der Waals surface area contributed by atoms with E-state index < -0.39 is 0 Å². The van der Waals surface area contributed by atoms with Crippen molar-refractivity contribution >= 4 is 40.9 Å². The number of piperidine rings is 1. The highest BCUT2D eigenvalue weighted by Gasteiger charge is 2.32. The van der Waals surface area contributed by atoms with Crippen molar-refractivity contribution in [1.82, 2.24) is 20.6 Å². The molecular weight excluding hydrogens is 632 g/mol. The van der Waals surface area contributed by atoms with Crippen molar-refractivity contribution in [3.05, 3.63) is 95.1 Å². The zero-order chi connectivity index (χ0) is 33.9. The Morgan fingerprint density at radius 2 is 1.35 bits per heavy atom. The van der Waals surface area contributed by atoms with Gasteiger partial charge in [0.2, 0.25) is 23.5 Å². The summed E-state index contributed by atoms with van der Waals surface area (Å²) < 4.78 is 16.5. The molecule has 11 nitrogen and oxygen atoms in total. The summed E-state index contributed by atoms with van der Waals surface area (Å²) in [4.78, 5) is 37.4. The first kappa shape index (κ1) is 34.3. The minimum absolute atomic E-state index is 0.0326. The molecule has 0 aliphatic carbocycles. The van der Waals surface area contributed by atoms with Crippen LogP contribution in [0.2, 0.25) is 5.02 Å². The summed E-state index contributed by atoms with van der Waals surface area (Å²) in [6, 6.07) is 23.1. The summed E-state index contributed by atoms with van der Waals surface area (Å²) in [5.74, 6) is 2.02. The summed E-state index contributed by atoms with van der Waals surface area (Å²) in [7, 11) is 4.63. The molecule has 1 aliphatic heterocycles. The number of halogens is 1. The van der Waals surface area contributed by atoms with E-state index in [9.17, 15) is 9.59 Å². The Kier molecular flexibility index (Phi) is 11.9. The molecule has 0 bridgehead atoms. The molecule has 252 valence electrons. The summed E-state index contributed by atoms with van der Waals surface area (Å²) in [6.45, 7) is 1.98. The third-order valence-electron chi connectivity index (χ3n) is 8.21. The predicted octanol–water partition coefficient (Wildman–Crippen LogP) is 5.75. The van der Waals surface area contributed by atoms with Gasteiger partial charge < -0.3 is 35.1 Å². The molecule has 1 saturated heterocycles. The van der Waals surface area contributed by atoms with Gasteiger partial charge in [-0.15, -0.1) is 0 Å². The number of nitrogens with one attached hydrogen (secondary N) is 3. The number of hydrogen-bond acceptors (Lipinski definition) is 9. The third kappa shape index (κ3) is 9.07. The first-order chi connectivity index (χ1) is 23.4. The van der Waals surface area contributed by atoms with Crippen LogP contribution in [-0.2, 0) is 22.7 Å². The molecule has 0 unspecified atom stereocenters. The predicted molar refractivity (Wildman–Crippen MR) is 186 cm³/mol. The Balaban J connectivity index is 1.33. The van der Waals surface area contributed by atoms with Crippen molar-refractivity contribution < 1.29 is 23.8 Å². The molecule has 48 heavy (non-hydrogen) atoms. The normalized spacial score (nSPS) is 15.7. The minimum Gasteiger partial charge on any atom is -0.493 e. The van der Waals surface area contributed by atoms with Crippen LogP contribution in [0.5, 0.6) is 17.2 Å². The van der Waals surface area contributed by atoms with Gasteiger partial charge in [0.05, 0.1) is 33.2 Å². The third-order valence-corrected chi connectivity index (χ3v) is 8.48. The number of methoxy groups -OCH3 is 3. The van der Waals surface area contributed by atoms with Crippen LogP contribution >= 0.6 is 11.6 Å². The molecule has 3 aromatic carbocycles. The van der Waals surface area contributed by atoms with Gasteiger partial charge in [-0.05, 0) is 41.5 Å². The van der Waals surface area contributed by atoms with Crippen LogP contribution in [0.15, 0.2) is 79.0 Å². The van der Waals surface area contributed by atoms with E-state index in [0.717, 1.165) is 11.1 Å². The van der Waals surface area contributed by atoms with Crippen LogP contribution in [0, 0.1) is 11.8 Å². The molecule has 2 amide bonds. The lowest BCUT2D eigenvalue weighted by atomic mass is 9.85. The molecule has 0 saturated carbocycles.